The summed E-state index contributed by atoms with van der Waals surface area (Å²) >= 11 is 2.90. The number of thiophene rings is 1. The van der Waals surface area contributed by atoms with Crippen LogP contribution in [0, 0.1) is 20.8 Å². The van der Waals surface area contributed by atoms with Crippen LogP contribution < -0.4 is 11.0 Å². The third kappa shape index (κ3) is 4.50. The molecule has 208 valence electrons. The molecule has 13 heteroatoms. The average Bonchev–Trinajstić information content (AvgIpc) is 3.67. The van der Waals surface area contributed by atoms with Crippen molar-refractivity contribution in [1.82, 2.24) is 39.2 Å². The summed E-state index contributed by atoms with van der Waals surface area (Å²) in [6.45, 7) is 8.52. The summed E-state index contributed by atoms with van der Waals surface area (Å²) in [7, 11) is 1.89. The second kappa shape index (κ2) is 10.4. The van der Waals surface area contributed by atoms with Gasteiger partial charge in [0.25, 0.3) is 5.56 Å². The van der Waals surface area contributed by atoms with Crippen molar-refractivity contribution in [2.24, 2.45) is 7.05 Å². The molecule has 0 aromatic carbocycles. The van der Waals surface area contributed by atoms with Gasteiger partial charge in [-0.05, 0) is 58.1 Å². The van der Waals surface area contributed by atoms with E-state index in [2.05, 4.69) is 42.2 Å². The molecule has 1 aliphatic rings. The molecule has 6 rings (SSSR count). The van der Waals surface area contributed by atoms with Crippen LogP contribution in [0.1, 0.15) is 53.8 Å². The molecular formula is C27H31N9O2S2. The lowest BCUT2D eigenvalue weighted by atomic mass is 10.1. The molecular weight excluding hydrogens is 546 g/mol. The summed E-state index contributed by atoms with van der Waals surface area (Å²) in [5.41, 5.74) is 7.13. The highest BCUT2D eigenvalue weighted by molar-refractivity contribution is 7.99. The van der Waals surface area contributed by atoms with E-state index in [4.69, 9.17) is 0 Å². The number of thioether (sulfide) groups is 1. The van der Waals surface area contributed by atoms with Gasteiger partial charge in [0.15, 0.2) is 16.6 Å². The van der Waals surface area contributed by atoms with Crippen molar-refractivity contribution in [2.75, 3.05) is 11.2 Å². The van der Waals surface area contributed by atoms with Crippen molar-refractivity contribution >= 4 is 50.3 Å². The number of nitrogens with zero attached hydrogens (tertiary/aromatic N) is 8. The number of aryl methyl sites for hydroxylation is 6. The molecule has 0 saturated heterocycles. The van der Waals surface area contributed by atoms with Crippen LogP contribution in [0.2, 0.25) is 0 Å². The van der Waals surface area contributed by atoms with Crippen molar-refractivity contribution in [1.29, 1.82) is 0 Å². The van der Waals surface area contributed by atoms with Gasteiger partial charge in [-0.2, -0.15) is 5.10 Å². The molecule has 0 fully saturated rings. The summed E-state index contributed by atoms with van der Waals surface area (Å²) in [6, 6.07) is 2.02. The van der Waals surface area contributed by atoms with Crippen LogP contribution in [0.15, 0.2) is 16.0 Å². The van der Waals surface area contributed by atoms with Crippen molar-refractivity contribution in [3.63, 3.8) is 0 Å². The van der Waals surface area contributed by atoms with Crippen molar-refractivity contribution in [2.45, 2.75) is 71.5 Å². The first-order chi connectivity index (χ1) is 19.3. The number of carbonyl (C=O) groups is 1. The van der Waals surface area contributed by atoms with Crippen LogP contribution in [0.3, 0.4) is 0 Å². The predicted molar refractivity (Wildman–Crippen MR) is 158 cm³/mol. The molecule has 5 aromatic rings. The molecule has 0 atom stereocenters. The molecule has 0 aliphatic heterocycles. The fourth-order valence-electron chi connectivity index (χ4n) is 5.42. The SMILES string of the molecule is CCCCn1c(SCC(=O)Nn2c(C)nc3sc4c(c3c2=O)CCC4)nnc1-c1cc(C)nc2c1c(C)nn2C. The first kappa shape index (κ1) is 26.6. The number of aromatic nitrogens is 8. The monoisotopic (exact) mass is 577 g/mol. The van der Waals surface area contributed by atoms with E-state index in [0.29, 0.717) is 22.9 Å². The van der Waals surface area contributed by atoms with E-state index >= 15 is 0 Å². The average molecular weight is 578 g/mol. The van der Waals surface area contributed by atoms with E-state index in [9.17, 15) is 9.59 Å². The molecule has 0 spiro atoms. The Balaban J connectivity index is 1.28. The van der Waals surface area contributed by atoms with Crippen molar-refractivity contribution in [3.8, 4) is 11.4 Å². The summed E-state index contributed by atoms with van der Waals surface area (Å²) in [6.07, 6.45) is 4.87. The zero-order valence-corrected chi connectivity index (χ0v) is 24.9. The quantitative estimate of drug-likeness (QED) is 0.274. The Morgan fingerprint density at radius 3 is 2.77 bits per heavy atom. The Hall–Kier alpha value is -3.58. The number of amides is 1. The standard InChI is InChI=1S/C27H31N9O2S2/c1-6-7-11-35-23(18-12-14(2)28-24-21(18)15(3)32-34(24)5)30-31-27(35)39-13-20(37)33-36-16(4)29-25-22(26(36)38)17-9-8-10-19(17)40-25/h12H,6-11,13H2,1-5H3,(H,33,37). The number of rotatable bonds is 8. The Kier molecular flexibility index (Phi) is 6.95. The molecule has 5 heterocycles. The van der Waals surface area contributed by atoms with E-state index in [1.165, 1.54) is 21.3 Å². The highest BCUT2D eigenvalue weighted by atomic mass is 32.2. The van der Waals surface area contributed by atoms with Gasteiger partial charge in [0, 0.05) is 29.7 Å². The lowest BCUT2D eigenvalue weighted by Gasteiger charge is -2.12. The van der Waals surface area contributed by atoms with E-state index in [1.807, 2.05) is 27.0 Å². The number of fused-ring (bicyclic) bond motifs is 4. The van der Waals surface area contributed by atoms with Gasteiger partial charge in [0.1, 0.15) is 10.7 Å². The number of carbonyl (C=O) groups excluding carboxylic acids is 1. The number of nitrogens with one attached hydrogen (secondary N) is 1. The Labute approximate surface area is 239 Å². The smallest absolute Gasteiger partial charge is 0.281 e. The van der Waals surface area contributed by atoms with Crippen LogP contribution >= 0.6 is 23.1 Å². The van der Waals surface area contributed by atoms with E-state index in [-0.39, 0.29) is 17.2 Å². The van der Waals surface area contributed by atoms with Gasteiger partial charge in [-0.3, -0.25) is 19.7 Å². The number of hydrogen-bond acceptors (Lipinski definition) is 9. The molecule has 1 aliphatic carbocycles. The first-order valence-electron chi connectivity index (χ1n) is 13.5. The number of hydrogen-bond donors (Lipinski definition) is 1. The second-order valence-electron chi connectivity index (χ2n) is 10.2. The Morgan fingerprint density at radius 2 is 1.98 bits per heavy atom. The van der Waals surface area contributed by atoms with Crippen molar-refractivity contribution < 1.29 is 4.79 Å². The van der Waals surface area contributed by atoms with E-state index in [1.54, 1.807) is 22.9 Å². The Bertz CT molecular complexity index is 1850. The van der Waals surface area contributed by atoms with Crippen LogP contribution in [0.25, 0.3) is 32.6 Å². The summed E-state index contributed by atoms with van der Waals surface area (Å²) < 4.78 is 5.14. The van der Waals surface area contributed by atoms with Gasteiger partial charge >= 0.3 is 0 Å². The molecule has 0 bridgehead atoms. The van der Waals surface area contributed by atoms with E-state index < -0.39 is 0 Å². The minimum Gasteiger partial charge on any atom is -0.302 e. The molecule has 0 unspecified atom stereocenters. The maximum absolute atomic E-state index is 13.3. The van der Waals surface area contributed by atoms with E-state index in [0.717, 1.165) is 76.3 Å². The highest BCUT2D eigenvalue weighted by Gasteiger charge is 2.24. The van der Waals surface area contributed by atoms with Gasteiger partial charge in [-0.1, -0.05) is 25.1 Å². The second-order valence-corrected chi connectivity index (χ2v) is 12.2. The maximum atomic E-state index is 13.3. The summed E-state index contributed by atoms with van der Waals surface area (Å²) in [4.78, 5) is 37.7. The molecule has 40 heavy (non-hydrogen) atoms. The highest BCUT2D eigenvalue weighted by Crippen LogP contribution is 2.35. The molecule has 1 N–H and O–H groups in total. The summed E-state index contributed by atoms with van der Waals surface area (Å²) in [5, 5.41) is 15.9. The maximum Gasteiger partial charge on any atom is 0.281 e. The molecule has 11 nitrogen and oxygen atoms in total. The van der Waals surface area contributed by atoms with Crippen LogP contribution in [0.4, 0.5) is 0 Å². The van der Waals surface area contributed by atoms with Crippen LogP contribution in [-0.2, 0) is 31.2 Å². The zero-order chi connectivity index (χ0) is 28.1. The molecule has 5 aromatic heterocycles. The largest absolute Gasteiger partial charge is 0.302 e. The minimum absolute atomic E-state index is 0.0760. The number of pyridine rings is 1. The molecule has 1 amide bonds. The molecule has 0 radical (unpaired) electrons. The van der Waals surface area contributed by atoms with Crippen molar-refractivity contribution in [3.05, 3.63) is 44.1 Å². The third-order valence-electron chi connectivity index (χ3n) is 7.27. The Morgan fingerprint density at radius 1 is 1.15 bits per heavy atom. The van der Waals surface area contributed by atoms with Gasteiger partial charge in [0.05, 0.1) is 22.2 Å². The first-order valence-corrected chi connectivity index (χ1v) is 15.3. The number of unbranched alkanes of at least 4 members (excludes halogenated alkanes) is 1. The minimum atomic E-state index is -0.305. The van der Waals surface area contributed by atoms with Gasteiger partial charge in [-0.25, -0.2) is 14.6 Å². The topological polar surface area (TPSA) is 125 Å². The van der Waals surface area contributed by atoms with Crippen LogP contribution in [-0.4, -0.2) is 50.8 Å². The zero-order valence-electron chi connectivity index (χ0n) is 23.2. The van der Waals surface area contributed by atoms with Gasteiger partial charge in [-0.15, -0.1) is 21.5 Å². The van der Waals surface area contributed by atoms with Gasteiger partial charge < -0.3 is 4.57 Å². The fourth-order valence-corrected chi connectivity index (χ4v) is 7.48. The predicted octanol–water partition coefficient (Wildman–Crippen LogP) is 4.07. The lowest BCUT2D eigenvalue weighted by molar-refractivity contribution is -0.114. The third-order valence-corrected chi connectivity index (χ3v) is 9.42. The normalized spacial score (nSPS) is 13.0. The fraction of sp³-hybridized carbons (Fsp3) is 0.444. The van der Waals surface area contributed by atoms with Gasteiger partial charge in [0.2, 0.25) is 5.91 Å². The molecule has 0 saturated carbocycles. The van der Waals surface area contributed by atoms with Crippen LogP contribution in [0.5, 0.6) is 0 Å². The lowest BCUT2D eigenvalue weighted by Crippen LogP contribution is -2.36. The summed E-state index contributed by atoms with van der Waals surface area (Å²) in [5.74, 6) is 0.969.